The lowest BCUT2D eigenvalue weighted by Crippen LogP contribution is -2.57. The monoisotopic (exact) mass is 198 g/mol. The van der Waals surface area contributed by atoms with Gasteiger partial charge in [-0.15, -0.1) is 0 Å². The molecule has 0 aromatic carbocycles. The van der Waals surface area contributed by atoms with Crippen LogP contribution in [0, 0.1) is 0 Å². The average molecular weight is 198 g/mol. The molecule has 0 amide bonds. The van der Waals surface area contributed by atoms with Crippen molar-refractivity contribution in [2.24, 2.45) is 0 Å². The fourth-order valence-electron chi connectivity index (χ4n) is 2.48. The van der Waals surface area contributed by atoms with E-state index in [0.717, 1.165) is 12.6 Å². The minimum Gasteiger partial charge on any atom is -0.381 e. The van der Waals surface area contributed by atoms with Gasteiger partial charge in [0.25, 0.3) is 0 Å². The van der Waals surface area contributed by atoms with Crippen molar-refractivity contribution in [3.63, 3.8) is 0 Å². The van der Waals surface area contributed by atoms with Gasteiger partial charge in [0.05, 0.1) is 6.10 Å². The van der Waals surface area contributed by atoms with Gasteiger partial charge in [0, 0.05) is 38.8 Å². The fraction of sp³-hybridized carbons (Fsp3) is 1.00. The second kappa shape index (κ2) is 4.60. The molecule has 0 bridgehead atoms. The normalized spacial score (nSPS) is 39.4. The Morgan fingerprint density at radius 2 is 2.21 bits per heavy atom. The molecule has 3 heteroatoms. The van der Waals surface area contributed by atoms with Gasteiger partial charge in [-0.25, -0.2) is 0 Å². The summed E-state index contributed by atoms with van der Waals surface area (Å²) >= 11 is 0. The van der Waals surface area contributed by atoms with Gasteiger partial charge in [0.15, 0.2) is 0 Å². The molecular formula is C11H22N2O. The highest BCUT2D eigenvalue weighted by Crippen LogP contribution is 2.28. The summed E-state index contributed by atoms with van der Waals surface area (Å²) in [6, 6.07) is 1.52. The van der Waals surface area contributed by atoms with Crippen LogP contribution in [-0.2, 0) is 4.74 Å². The molecular weight excluding hydrogens is 176 g/mol. The summed E-state index contributed by atoms with van der Waals surface area (Å²) in [5, 5.41) is 3.55. The number of rotatable bonds is 3. The largest absolute Gasteiger partial charge is 0.381 e. The van der Waals surface area contributed by atoms with Crippen LogP contribution in [0.5, 0.6) is 0 Å². The van der Waals surface area contributed by atoms with Crippen LogP contribution < -0.4 is 5.32 Å². The first-order valence-electron chi connectivity index (χ1n) is 5.83. The Morgan fingerprint density at radius 1 is 1.43 bits per heavy atom. The number of nitrogens with zero attached hydrogens (tertiary/aromatic N) is 1. The van der Waals surface area contributed by atoms with Crippen molar-refractivity contribution in [2.75, 3.05) is 26.7 Å². The summed E-state index contributed by atoms with van der Waals surface area (Å²) in [7, 11) is 1.83. The maximum Gasteiger partial charge on any atom is 0.0601 e. The molecule has 1 saturated heterocycles. The third kappa shape index (κ3) is 2.10. The zero-order chi connectivity index (χ0) is 9.97. The third-order valence-electron chi connectivity index (χ3n) is 3.70. The van der Waals surface area contributed by atoms with Crippen LogP contribution in [0.2, 0.25) is 0 Å². The van der Waals surface area contributed by atoms with E-state index in [1.165, 1.54) is 32.4 Å². The quantitative estimate of drug-likeness (QED) is 0.727. The molecule has 1 aliphatic carbocycles. The molecule has 1 heterocycles. The zero-order valence-electron chi connectivity index (χ0n) is 9.33. The van der Waals surface area contributed by atoms with Crippen molar-refractivity contribution < 1.29 is 4.74 Å². The van der Waals surface area contributed by atoms with Gasteiger partial charge in [-0.3, -0.25) is 4.90 Å². The maximum atomic E-state index is 5.32. The molecule has 0 aromatic rings. The summed E-state index contributed by atoms with van der Waals surface area (Å²) in [5.41, 5.74) is 0. The average Bonchev–Trinajstić information content (AvgIpc) is 2.17. The topological polar surface area (TPSA) is 24.5 Å². The molecule has 2 fully saturated rings. The van der Waals surface area contributed by atoms with Gasteiger partial charge in [0.1, 0.15) is 0 Å². The van der Waals surface area contributed by atoms with Crippen LogP contribution in [-0.4, -0.2) is 49.8 Å². The first-order chi connectivity index (χ1) is 6.83. The molecule has 82 valence electrons. The molecule has 1 atom stereocenters. The number of hydrogen-bond donors (Lipinski definition) is 1. The predicted molar refractivity (Wildman–Crippen MR) is 57.5 cm³/mol. The zero-order valence-corrected chi connectivity index (χ0v) is 9.33. The minimum absolute atomic E-state index is 0.537. The van der Waals surface area contributed by atoms with E-state index in [1.807, 2.05) is 7.11 Å². The van der Waals surface area contributed by atoms with Gasteiger partial charge in [-0.2, -0.15) is 0 Å². The molecule has 0 aromatic heterocycles. The lowest BCUT2D eigenvalue weighted by Gasteiger charge is -2.45. The smallest absolute Gasteiger partial charge is 0.0601 e. The van der Waals surface area contributed by atoms with Crippen LogP contribution in [0.1, 0.15) is 26.2 Å². The fourth-order valence-corrected chi connectivity index (χ4v) is 2.48. The van der Waals surface area contributed by atoms with Crippen molar-refractivity contribution in [3.8, 4) is 0 Å². The van der Waals surface area contributed by atoms with Crippen LogP contribution >= 0.6 is 0 Å². The Morgan fingerprint density at radius 3 is 2.86 bits per heavy atom. The standard InChI is InChI=1S/C11H22N2O/c1-3-9-8-13(5-4-12-9)10-6-11(7-10)14-2/h9-12H,3-8H2,1-2H3/t9-,10?,11?/m0/s1. The van der Waals surface area contributed by atoms with Crippen molar-refractivity contribution in [1.82, 2.24) is 10.2 Å². The van der Waals surface area contributed by atoms with Crippen LogP contribution in [0.15, 0.2) is 0 Å². The minimum atomic E-state index is 0.537. The van der Waals surface area contributed by atoms with E-state index in [9.17, 15) is 0 Å². The Hall–Kier alpha value is -0.120. The summed E-state index contributed by atoms with van der Waals surface area (Å²) < 4.78 is 5.32. The summed E-state index contributed by atoms with van der Waals surface area (Å²) in [4.78, 5) is 2.64. The molecule has 0 spiro atoms. The molecule has 0 radical (unpaired) electrons. The first kappa shape index (κ1) is 10.4. The third-order valence-corrected chi connectivity index (χ3v) is 3.70. The number of ether oxygens (including phenoxy) is 1. The molecule has 3 nitrogen and oxygen atoms in total. The van der Waals surface area contributed by atoms with Crippen LogP contribution in [0.25, 0.3) is 0 Å². The molecule has 1 saturated carbocycles. The number of piperazine rings is 1. The van der Waals surface area contributed by atoms with Crippen molar-refractivity contribution >= 4 is 0 Å². The highest BCUT2D eigenvalue weighted by Gasteiger charge is 2.35. The Bertz CT molecular complexity index is 180. The second-order valence-corrected chi connectivity index (χ2v) is 4.54. The van der Waals surface area contributed by atoms with E-state index in [4.69, 9.17) is 4.74 Å². The first-order valence-corrected chi connectivity index (χ1v) is 5.83. The lowest BCUT2D eigenvalue weighted by molar-refractivity contribution is -0.0347. The Balaban J connectivity index is 1.75. The van der Waals surface area contributed by atoms with Crippen molar-refractivity contribution in [1.29, 1.82) is 0 Å². The molecule has 1 N–H and O–H groups in total. The Labute approximate surface area is 86.8 Å². The number of nitrogens with one attached hydrogen (secondary N) is 1. The van der Waals surface area contributed by atoms with E-state index < -0.39 is 0 Å². The highest BCUT2D eigenvalue weighted by atomic mass is 16.5. The van der Waals surface area contributed by atoms with Gasteiger partial charge in [0.2, 0.25) is 0 Å². The van der Waals surface area contributed by atoms with Crippen molar-refractivity contribution in [3.05, 3.63) is 0 Å². The summed E-state index contributed by atoms with van der Waals surface area (Å²) in [5.74, 6) is 0. The van der Waals surface area contributed by atoms with Gasteiger partial charge < -0.3 is 10.1 Å². The van der Waals surface area contributed by atoms with Crippen molar-refractivity contribution in [2.45, 2.75) is 44.4 Å². The van der Waals surface area contributed by atoms with E-state index in [2.05, 4.69) is 17.1 Å². The van der Waals surface area contributed by atoms with E-state index in [-0.39, 0.29) is 0 Å². The number of hydrogen-bond acceptors (Lipinski definition) is 3. The molecule has 1 aliphatic heterocycles. The van der Waals surface area contributed by atoms with Gasteiger partial charge >= 0.3 is 0 Å². The second-order valence-electron chi connectivity index (χ2n) is 4.54. The molecule has 2 rings (SSSR count). The highest BCUT2D eigenvalue weighted by molar-refractivity contribution is 4.91. The van der Waals surface area contributed by atoms with Crippen LogP contribution in [0.3, 0.4) is 0 Å². The summed E-state index contributed by atoms with van der Waals surface area (Å²) in [6.45, 7) is 5.88. The lowest BCUT2D eigenvalue weighted by atomic mass is 9.87. The van der Waals surface area contributed by atoms with Gasteiger partial charge in [-0.1, -0.05) is 6.92 Å². The summed E-state index contributed by atoms with van der Waals surface area (Å²) in [6.07, 6.45) is 4.27. The molecule has 0 unspecified atom stereocenters. The Kier molecular flexibility index (Phi) is 3.42. The molecule has 14 heavy (non-hydrogen) atoms. The number of methoxy groups -OCH3 is 1. The van der Waals surface area contributed by atoms with E-state index in [1.54, 1.807) is 0 Å². The predicted octanol–water partition coefficient (Wildman–Crippen LogP) is 0.848. The van der Waals surface area contributed by atoms with E-state index in [0.29, 0.717) is 12.1 Å². The van der Waals surface area contributed by atoms with E-state index >= 15 is 0 Å². The van der Waals surface area contributed by atoms with Gasteiger partial charge in [-0.05, 0) is 19.3 Å². The van der Waals surface area contributed by atoms with Crippen LogP contribution in [0.4, 0.5) is 0 Å². The molecule has 2 aliphatic rings. The maximum absolute atomic E-state index is 5.32. The SMILES string of the molecule is CC[C@H]1CN(C2CC(OC)C2)CCN1.